The topological polar surface area (TPSA) is 35.2 Å². The highest BCUT2D eigenvalue weighted by molar-refractivity contribution is 6.31. The van der Waals surface area contributed by atoms with Crippen LogP contribution in [0.5, 0.6) is 0 Å². The molecule has 0 heterocycles. The molecule has 1 aromatic rings. The summed E-state index contributed by atoms with van der Waals surface area (Å²) in [5.41, 5.74) is 4.65. The first-order chi connectivity index (χ1) is 7.38. The number of methoxy groups -OCH3 is 1. The summed E-state index contributed by atoms with van der Waals surface area (Å²) in [6.45, 7) is 0.00340. The smallest absolute Gasteiger partial charge is 0.383 e. The maximum Gasteiger partial charge on any atom is 0.418 e. The van der Waals surface area contributed by atoms with E-state index < -0.39 is 17.8 Å². The molecule has 0 radical (unpaired) electrons. The van der Waals surface area contributed by atoms with Crippen LogP contribution in [0.2, 0.25) is 5.02 Å². The van der Waals surface area contributed by atoms with E-state index in [9.17, 15) is 13.2 Å². The second-order valence-corrected chi connectivity index (χ2v) is 3.67. The van der Waals surface area contributed by atoms with Gasteiger partial charge < -0.3 is 10.5 Å². The van der Waals surface area contributed by atoms with Gasteiger partial charge in [-0.2, -0.15) is 13.2 Å². The molecule has 1 aromatic carbocycles. The molecule has 1 rings (SSSR count). The molecule has 2 nitrogen and oxygen atoms in total. The Hall–Kier alpha value is -0.780. The van der Waals surface area contributed by atoms with Crippen LogP contribution < -0.4 is 5.73 Å². The largest absolute Gasteiger partial charge is 0.418 e. The van der Waals surface area contributed by atoms with Crippen LogP contribution in [-0.4, -0.2) is 13.7 Å². The summed E-state index contributed by atoms with van der Waals surface area (Å²) in [5, 5.41) is -0.350. The van der Waals surface area contributed by atoms with Gasteiger partial charge >= 0.3 is 6.18 Å². The molecule has 0 aliphatic rings. The summed E-state index contributed by atoms with van der Waals surface area (Å²) in [6.07, 6.45) is -4.51. The highest BCUT2D eigenvalue weighted by atomic mass is 35.5. The molecular weight excluding hydrogens is 243 g/mol. The second-order valence-electron chi connectivity index (χ2n) is 3.26. The Kier molecular flexibility index (Phi) is 4.18. The molecule has 6 heteroatoms. The Bertz CT molecular complexity index is 368. The van der Waals surface area contributed by atoms with Crippen molar-refractivity contribution in [3.05, 3.63) is 34.3 Å². The maximum absolute atomic E-state index is 12.7. The van der Waals surface area contributed by atoms with E-state index in [0.717, 1.165) is 0 Å². The molecule has 0 aromatic heterocycles. The zero-order valence-corrected chi connectivity index (χ0v) is 9.27. The Morgan fingerprint density at radius 2 is 2.06 bits per heavy atom. The van der Waals surface area contributed by atoms with Crippen LogP contribution in [0.25, 0.3) is 0 Å². The summed E-state index contributed by atoms with van der Waals surface area (Å²) in [7, 11) is 1.37. The first-order valence-electron chi connectivity index (χ1n) is 4.48. The molecule has 0 amide bonds. The Balaban J connectivity index is 3.23. The number of hydrogen-bond donors (Lipinski definition) is 1. The summed E-state index contributed by atoms with van der Waals surface area (Å²) in [4.78, 5) is 0. The highest BCUT2D eigenvalue weighted by Crippen LogP contribution is 2.38. The van der Waals surface area contributed by atoms with E-state index in [-0.39, 0.29) is 17.2 Å². The van der Waals surface area contributed by atoms with Crippen molar-refractivity contribution in [3.63, 3.8) is 0 Å². The molecule has 0 spiro atoms. The Morgan fingerprint density at radius 3 is 2.56 bits per heavy atom. The van der Waals surface area contributed by atoms with Crippen molar-refractivity contribution in [1.29, 1.82) is 0 Å². The van der Waals surface area contributed by atoms with Gasteiger partial charge in [-0.05, 0) is 11.6 Å². The molecule has 90 valence electrons. The zero-order valence-electron chi connectivity index (χ0n) is 8.51. The summed E-state index contributed by atoms with van der Waals surface area (Å²) in [5.74, 6) is 0. The summed E-state index contributed by atoms with van der Waals surface area (Å²) < 4.78 is 42.9. The van der Waals surface area contributed by atoms with Crippen molar-refractivity contribution in [2.75, 3.05) is 13.7 Å². The predicted octanol–water partition coefficient (Wildman–Crippen LogP) is 3.01. The molecular formula is C10H11ClF3NO. The lowest BCUT2D eigenvalue weighted by atomic mass is 10.0. The van der Waals surface area contributed by atoms with Crippen LogP contribution in [0.1, 0.15) is 17.2 Å². The highest BCUT2D eigenvalue weighted by Gasteiger charge is 2.36. The average molecular weight is 254 g/mol. The van der Waals surface area contributed by atoms with E-state index in [4.69, 9.17) is 22.1 Å². The number of alkyl halides is 3. The van der Waals surface area contributed by atoms with Crippen molar-refractivity contribution >= 4 is 11.6 Å². The number of nitrogens with two attached hydrogens (primary N) is 1. The summed E-state index contributed by atoms with van der Waals surface area (Å²) in [6, 6.07) is 3.08. The molecule has 2 N–H and O–H groups in total. The van der Waals surface area contributed by atoms with Gasteiger partial charge in [0.05, 0.1) is 23.2 Å². The SMILES string of the molecule is COC[C@@H](N)c1cccc(Cl)c1C(F)(F)F. The van der Waals surface area contributed by atoms with Crippen molar-refractivity contribution in [2.24, 2.45) is 5.73 Å². The minimum atomic E-state index is -4.51. The molecule has 0 aliphatic carbocycles. The average Bonchev–Trinajstić information content (AvgIpc) is 2.15. The molecule has 16 heavy (non-hydrogen) atoms. The van der Waals surface area contributed by atoms with Crippen LogP contribution in [0.15, 0.2) is 18.2 Å². The monoisotopic (exact) mass is 253 g/mol. The standard InChI is InChI=1S/C10H11ClF3NO/c1-16-5-8(15)6-3-2-4-7(11)9(6)10(12,13)14/h2-4,8H,5,15H2,1H3/t8-/m1/s1. The van der Waals surface area contributed by atoms with E-state index in [0.29, 0.717) is 0 Å². The lowest BCUT2D eigenvalue weighted by Crippen LogP contribution is -2.21. The fourth-order valence-corrected chi connectivity index (χ4v) is 1.71. The maximum atomic E-state index is 12.7. The lowest BCUT2D eigenvalue weighted by Gasteiger charge is -2.18. The third-order valence-electron chi connectivity index (χ3n) is 2.08. The minimum absolute atomic E-state index is 0.00340. The third-order valence-corrected chi connectivity index (χ3v) is 2.39. The van der Waals surface area contributed by atoms with Gasteiger partial charge in [0.25, 0.3) is 0 Å². The van der Waals surface area contributed by atoms with Crippen molar-refractivity contribution < 1.29 is 17.9 Å². The number of hydrogen-bond acceptors (Lipinski definition) is 2. The molecule has 0 fully saturated rings. The van der Waals surface area contributed by atoms with Crippen LogP contribution >= 0.6 is 11.6 Å². The van der Waals surface area contributed by atoms with Gasteiger partial charge in [-0.15, -0.1) is 0 Å². The molecule has 0 unspecified atom stereocenters. The van der Waals surface area contributed by atoms with Crippen LogP contribution in [0.4, 0.5) is 13.2 Å². The number of ether oxygens (including phenoxy) is 1. The first-order valence-corrected chi connectivity index (χ1v) is 4.86. The number of rotatable bonds is 3. The van der Waals surface area contributed by atoms with Crippen LogP contribution in [0, 0.1) is 0 Å². The lowest BCUT2D eigenvalue weighted by molar-refractivity contribution is -0.138. The molecule has 0 aliphatic heterocycles. The van der Waals surface area contributed by atoms with E-state index in [1.807, 2.05) is 0 Å². The van der Waals surface area contributed by atoms with Gasteiger partial charge in [0.15, 0.2) is 0 Å². The normalized spacial score (nSPS) is 13.9. The quantitative estimate of drug-likeness (QED) is 0.899. The number of benzene rings is 1. The predicted molar refractivity (Wildman–Crippen MR) is 55.3 cm³/mol. The van der Waals surface area contributed by atoms with E-state index in [1.54, 1.807) is 0 Å². The summed E-state index contributed by atoms with van der Waals surface area (Å²) >= 11 is 5.54. The van der Waals surface area contributed by atoms with Gasteiger partial charge in [0, 0.05) is 7.11 Å². The molecule has 0 bridgehead atoms. The Labute approximate surface area is 96.1 Å². The van der Waals surface area contributed by atoms with E-state index in [2.05, 4.69) is 0 Å². The molecule has 1 atom stereocenters. The zero-order chi connectivity index (χ0) is 12.3. The third kappa shape index (κ3) is 2.87. The fourth-order valence-electron chi connectivity index (χ4n) is 1.42. The Morgan fingerprint density at radius 1 is 1.44 bits per heavy atom. The van der Waals surface area contributed by atoms with Gasteiger partial charge in [-0.25, -0.2) is 0 Å². The van der Waals surface area contributed by atoms with Crippen LogP contribution in [-0.2, 0) is 10.9 Å². The fraction of sp³-hybridized carbons (Fsp3) is 0.400. The van der Waals surface area contributed by atoms with E-state index >= 15 is 0 Å². The minimum Gasteiger partial charge on any atom is -0.383 e. The number of halogens is 4. The second kappa shape index (κ2) is 5.03. The van der Waals surface area contributed by atoms with Gasteiger partial charge in [0.1, 0.15) is 0 Å². The molecule has 0 saturated carbocycles. The van der Waals surface area contributed by atoms with Gasteiger partial charge in [-0.3, -0.25) is 0 Å². The van der Waals surface area contributed by atoms with Gasteiger partial charge in [-0.1, -0.05) is 23.7 Å². The molecule has 0 saturated heterocycles. The van der Waals surface area contributed by atoms with Crippen molar-refractivity contribution in [3.8, 4) is 0 Å². The van der Waals surface area contributed by atoms with Crippen molar-refractivity contribution in [2.45, 2.75) is 12.2 Å². The van der Waals surface area contributed by atoms with Crippen LogP contribution in [0.3, 0.4) is 0 Å². The first kappa shape index (κ1) is 13.3. The van der Waals surface area contributed by atoms with E-state index in [1.165, 1.54) is 25.3 Å². The van der Waals surface area contributed by atoms with Crippen molar-refractivity contribution in [1.82, 2.24) is 0 Å². The van der Waals surface area contributed by atoms with Gasteiger partial charge in [0.2, 0.25) is 0 Å².